The van der Waals surface area contributed by atoms with Gasteiger partial charge in [0.2, 0.25) is 5.91 Å². The Balaban J connectivity index is 1.34. The third-order valence-corrected chi connectivity index (χ3v) is 6.15. The van der Waals surface area contributed by atoms with E-state index in [0.717, 1.165) is 31.6 Å². The lowest BCUT2D eigenvalue weighted by Gasteiger charge is -2.30. The van der Waals surface area contributed by atoms with Crippen molar-refractivity contribution in [1.29, 1.82) is 0 Å². The summed E-state index contributed by atoms with van der Waals surface area (Å²) in [5.41, 5.74) is 10.3. The van der Waals surface area contributed by atoms with Gasteiger partial charge in [0.15, 0.2) is 0 Å². The minimum atomic E-state index is -0.251. The van der Waals surface area contributed by atoms with Gasteiger partial charge in [-0.05, 0) is 30.5 Å². The zero-order chi connectivity index (χ0) is 19.5. The fourth-order valence-corrected chi connectivity index (χ4v) is 4.40. The van der Waals surface area contributed by atoms with Gasteiger partial charge >= 0.3 is 0 Å². The second-order valence-corrected chi connectivity index (χ2v) is 8.04. The van der Waals surface area contributed by atoms with E-state index in [0.29, 0.717) is 25.9 Å². The number of rotatable bonds is 4. The second kappa shape index (κ2) is 8.15. The number of amides is 2. The number of hydrogen-bond acceptors (Lipinski definition) is 2. The van der Waals surface area contributed by atoms with Gasteiger partial charge in [0, 0.05) is 42.1 Å². The Morgan fingerprint density at radius 2 is 1.68 bits per heavy atom. The fraction of sp³-hybridized carbons (Fsp3) is 0.391. The molecule has 0 spiro atoms. The molecule has 0 radical (unpaired) electrons. The molecule has 2 amide bonds. The van der Waals surface area contributed by atoms with Crippen molar-refractivity contribution in [2.75, 3.05) is 19.6 Å². The van der Waals surface area contributed by atoms with Gasteiger partial charge in [0.25, 0.3) is 5.91 Å². The van der Waals surface area contributed by atoms with Crippen molar-refractivity contribution in [3.05, 3.63) is 70.8 Å². The number of likely N-dealkylation sites (tertiary alicyclic amines) is 1. The van der Waals surface area contributed by atoms with Crippen LogP contribution in [0.15, 0.2) is 48.5 Å². The van der Waals surface area contributed by atoms with Gasteiger partial charge in [-0.2, -0.15) is 0 Å². The van der Waals surface area contributed by atoms with Crippen LogP contribution in [0.5, 0.6) is 0 Å². The van der Waals surface area contributed by atoms with Crippen LogP contribution in [0.4, 0.5) is 0 Å². The molecule has 1 saturated heterocycles. The number of carbonyl (C=O) groups excluding carboxylic acids is 2. The van der Waals surface area contributed by atoms with Crippen molar-refractivity contribution in [3.63, 3.8) is 0 Å². The van der Waals surface area contributed by atoms with E-state index in [1.54, 1.807) is 4.90 Å². The van der Waals surface area contributed by atoms with Crippen LogP contribution in [0.3, 0.4) is 0 Å². The van der Waals surface area contributed by atoms with E-state index in [9.17, 15) is 9.59 Å². The highest BCUT2D eigenvalue weighted by Crippen LogP contribution is 2.19. The van der Waals surface area contributed by atoms with Gasteiger partial charge in [-0.15, -0.1) is 0 Å². The zero-order valence-corrected chi connectivity index (χ0v) is 16.2. The lowest BCUT2D eigenvalue weighted by molar-refractivity contribution is -0.929. The SMILES string of the molecule is NC(=O)C1CCN(C(=O)c2ccc(C[NH+]3CCc4ccccc4C3)cc2)CC1. The van der Waals surface area contributed by atoms with Crippen LogP contribution in [-0.2, 0) is 24.3 Å². The van der Waals surface area contributed by atoms with Crippen LogP contribution in [0, 0.1) is 5.92 Å². The number of fused-ring (bicyclic) bond motifs is 1. The van der Waals surface area contributed by atoms with Crippen LogP contribution >= 0.6 is 0 Å². The molecule has 5 heteroatoms. The third kappa shape index (κ3) is 4.09. The van der Waals surface area contributed by atoms with E-state index in [4.69, 9.17) is 5.73 Å². The molecular formula is C23H28N3O2+. The maximum Gasteiger partial charge on any atom is 0.253 e. The quantitative estimate of drug-likeness (QED) is 0.839. The van der Waals surface area contributed by atoms with Gasteiger partial charge < -0.3 is 15.5 Å². The summed E-state index contributed by atoms with van der Waals surface area (Å²) in [6, 6.07) is 16.7. The predicted octanol–water partition coefficient (Wildman–Crippen LogP) is 1.17. The normalized spacial score (nSPS) is 19.9. The third-order valence-electron chi connectivity index (χ3n) is 6.15. The number of carbonyl (C=O) groups is 2. The molecule has 2 aliphatic rings. The minimum Gasteiger partial charge on any atom is -0.369 e. The molecular weight excluding hydrogens is 350 g/mol. The van der Waals surface area contributed by atoms with Crippen LogP contribution in [0.1, 0.15) is 39.9 Å². The number of hydrogen-bond donors (Lipinski definition) is 2. The van der Waals surface area contributed by atoms with Crippen LogP contribution < -0.4 is 10.6 Å². The minimum absolute atomic E-state index is 0.0497. The van der Waals surface area contributed by atoms with E-state index >= 15 is 0 Å². The average molecular weight is 378 g/mol. The molecule has 146 valence electrons. The lowest BCUT2D eigenvalue weighted by atomic mass is 9.95. The number of nitrogens with two attached hydrogens (primary N) is 1. The smallest absolute Gasteiger partial charge is 0.253 e. The molecule has 0 saturated carbocycles. The summed E-state index contributed by atoms with van der Waals surface area (Å²) in [6.45, 7) is 4.39. The number of nitrogens with zero attached hydrogens (tertiary/aromatic N) is 1. The molecule has 1 atom stereocenters. The molecule has 2 aromatic carbocycles. The van der Waals surface area contributed by atoms with Gasteiger partial charge in [0.1, 0.15) is 13.1 Å². The summed E-state index contributed by atoms with van der Waals surface area (Å²) in [7, 11) is 0. The Bertz CT molecular complexity index is 854. The predicted molar refractivity (Wildman–Crippen MR) is 108 cm³/mol. The Kier molecular flexibility index (Phi) is 5.44. The van der Waals surface area contributed by atoms with E-state index < -0.39 is 0 Å². The van der Waals surface area contributed by atoms with Gasteiger partial charge in [0.05, 0.1) is 6.54 Å². The highest BCUT2D eigenvalue weighted by Gasteiger charge is 2.26. The summed E-state index contributed by atoms with van der Waals surface area (Å²) in [4.78, 5) is 27.4. The number of nitrogens with one attached hydrogen (secondary N) is 1. The number of quaternary nitrogens is 1. The van der Waals surface area contributed by atoms with E-state index in [1.807, 2.05) is 17.0 Å². The van der Waals surface area contributed by atoms with Crippen molar-refractivity contribution >= 4 is 11.8 Å². The number of primary amides is 1. The molecule has 3 N–H and O–H groups in total. The molecule has 0 aliphatic carbocycles. The van der Waals surface area contributed by atoms with E-state index in [1.165, 1.54) is 16.7 Å². The monoisotopic (exact) mass is 378 g/mol. The van der Waals surface area contributed by atoms with E-state index in [-0.39, 0.29) is 17.7 Å². The first-order chi connectivity index (χ1) is 13.6. The topological polar surface area (TPSA) is 67.8 Å². The Labute approximate surface area is 166 Å². The summed E-state index contributed by atoms with van der Waals surface area (Å²) in [5.74, 6) is -0.294. The molecule has 28 heavy (non-hydrogen) atoms. The standard InChI is InChI=1S/C23H27N3O2/c24-22(27)19-10-13-26(14-11-19)23(28)20-7-5-17(6-8-20)15-25-12-9-18-3-1-2-4-21(18)16-25/h1-8,19H,9-16H2,(H2,24,27)/p+1. The molecule has 5 nitrogen and oxygen atoms in total. The fourth-order valence-electron chi connectivity index (χ4n) is 4.40. The lowest BCUT2D eigenvalue weighted by Crippen LogP contribution is -3.10. The van der Waals surface area contributed by atoms with Crippen molar-refractivity contribution in [2.24, 2.45) is 11.7 Å². The van der Waals surface area contributed by atoms with Crippen LogP contribution in [0.2, 0.25) is 0 Å². The molecule has 1 unspecified atom stereocenters. The van der Waals surface area contributed by atoms with Crippen LogP contribution in [-0.4, -0.2) is 36.3 Å². The molecule has 2 aromatic rings. The van der Waals surface area contributed by atoms with Crippen LogP contribution in [0.25, 0.3) is 0 Å². The first-order valence-corrected chi connectivity index (χ1v) is 10.2. The average Bonchev–Trinajstić information content (AvgIpc) is 2.74. The van der Waals surface area contributed by atoms with Crippen molar-refractivity contribution in [2.45, 2.75) is 32.4 Å². The molecule has 2 heterocycles. The number of piperidine rings is 1. The highest BCUT2D eigenvalue weighted by molar-refractivity contribution is 5.94. The molecule has 4 rings (SSSR count). The van der Waals surface area contributed by atoms with Gasteiger partial charge in [-0.25, -0.2) is 0 Å². The van der Waals surface area contributed by atoms with Crippen molar-refractivity contribution in [3.8, 4) is 0 Å². The Morgan fingerprint density at radius 3 is 2.36 bits per heavy atom. The maximum atomic E-state index is 12.7. The van der Waals surface area contributed by atoms with Crippen molar-refractivity contribution < 1.29 is 14.5 Å². The summed E-state index contributed by atoms with van der Waals surface area (Å²) >= 11 is 0. The molecule has 0 aromatic heterocycles. The highest BCUT2D eigenvalue weighted by atomic mass is 16.2. The van der Waals surface area contributed by atoms with Crippen molar-refractivity contribution in [1.82, 2.24) is 4.90 Å². The maximum absolute atomic E-state index is 12.7. The van der Waals surface area contributed by atoms with Gasteiger partial charge in [-0.3, -0.25) is 9.59 Å². The second-order valence-electron chi connectivity index (χ2n) is 8.04. The van der Waals surface area contributed by atoms with E-state index in [2.05, 4.69) is 36.4 Å². The van der Waals surface area contributed by atoms with Gasteiger partial charge in [-0.1, -0.05) is 36.4 Å². The molecule has 0 bridgehead atoms. The molecule has 1 fully saturated rings. The largest absolute Gasteiger partial charge is 0.369 e. The zero-order valence-electron chi connectivity index (χ0n) is 16.2. The summed E-state index contributed by atoms with van der Waals surface area (Å²) < 4.78 is 0. The summed E-state index contributed by atoms with van der Waals surface area (Å²) in [6.07, 6.45) is 2.46. The first kappa shape index (κ1) is 18.7. The first-order valence-electron chi connectivity index (χ1n) is 10.2. The Hall–Kier alpha value is -2.66. The summed E-state index contributed by atoms with van der Waals surface area (Å²) in [5, 5.41) is 0. The number of benzene rings is 2. The molecule has 2 aliphatic heterocycles. The Morgan fingerprint density at radius 1 is 1.00 bits per heavy atom.